The molecule has 1 aliphatic carbocycles. The maximum absolute atomic E-state index is 4.58. The molecule has 1 atom stereocenters. The average molecular weight is 340 g/mol. The number of nitrogens with zero attached hydrogens (tertiary/aromatic N) is 2. The first-order valence-electron chi connectivity index (χ1n) is 9.07. The van der Waals surface area contributed by atoms with Crippen molar-refractivity contribution in [2.75, 3.05) is 13.1 Å². The quantitative estimate of drug-likeness (QED) is 0.694. The zero-order valence-electron chi connectivity index (χ0n) is 14.5. The molecule has 0 bridgehead atoms. The fourth-order valence-electron chi connectivity index (χ4n) is 4.17. The lowest BCUT2D eigenvalue weighted by molar-refractivity contribution is 0.192. The number of hydrogen-bond donors (Lipinski definition) is 1. The minimum Gasteiger partial charge on any atom is -0.361 e. The average Bonchev–Trinajstić information content (AvgIpc) is 3.26. The molecule has 1 N–H and O–H groups in total. The minimum absolute atomic E-state index is 0.609. The third-order valence-corrected chi connectivity index (χ3v) is 5.94. The van der Waals surface area contributed by atoms with Crippen LogP contribution in [-0.2, 0) is 12.8 Å². The Hall–Kier alpha value is -1.65. The van der Waals surface area contributed by atoms with Gasteiger partial charge in [0.25, 0.3) is 0 Å². The molecule has 0 fully saturated rings. The van der Waals surface area contributed by atoms with Crippen LogP contribution in [-0.4, -0.2) is 34.0 Å². The molecular formula is C20H25N3S. The Bertz CT molecular complexity index is 813. The number of H-pyrrole nitrogens is 1. The van der Waals surface area contributed by atoms with Gasteiger partial charge in [-0.1, -0.05) is 13.8 Å². The summed E-state index contributed by atoms with van der Waals surface area (Å²) in [6.07, 6.45) is 8.88. The first kappa shape index (κ1) is 15.9. The molecule has 4 rings (SSSR count). The summed E-state index contributed by atoms with van der Waals surface area (Å²) in [5.74, 6) is 0. The molecule has 4 heteroatoms. The number of rotatable bonds is 6. The molecule has 0 radical (unpaired) electrons. The molecule has 1 aliphatic rings. The second kappa shape index (κ2) is 6.69. The van der Waals surface area contributed by atoms with Crippen molar-refractivity contribution in [1.82, 2.24) is 14.9 Å². The lowest BCUT2D eigenvalue weighted by atomic mass is 9.85. The topological polar surface area (TPSA) is 31.9 Å². The van der Waals surface area contributed by atoms with E-state index in [9.17, 15) is 0 Å². The van der Waals surface area contributed by atoms with Crippen molar-refractivity contribution in [3.8, 4) is 10.6 Å². The number of hydrogen-bond acceptors (Lipinski definition) is 3. The molecule has 1 aromatic carbocycles. The van der Waals surface area contributed by atoms with Gasteiger partial charge in [-0.2, -0.15) is 0 Å². The molecule has 0 saturated heterocycles. The summed E-state index contributed by atoms with van der Waals surface area (Å²) in [6.45, 7) is 6.96. The molecule has 0 unspecified atom stereocenters. The standard InChI is InChI=1S/C20H25N3S/c1-3-8-23(9-4-2)15-11-14-13-22-18-6-5-16(17(12-15)19(14)18)20-21-7-10-24-20/h5-7,10,13,15,22H,3-4,8-9,11-12H2,1-2H3/t15-/m0/s1. The first-order chi connectivity index (χ1) is 11.8. The van der Waals surface area contributed by atoms with Gasteiger partial charge >= 0.3 is 0 Å². The summed E-state index contributed by atoms with van der Waals surface area (Å²) in [5.41, 5.74) is 5.58. The van der Waals surface area contributed by atoms with Crippen LogP contribution in [0.1, 0.15) is 37.8 Å². The van der Waals surface area contributed by atoms with Gasteiger partial charge < -0.3 is 4.98 Å². The van der Waals surface area contributed by atoms with Crippen molar-refractivity contribution in [2.45, 2.75) is 45.6 Å². The molecule has 0 aliphatic heterocycles. The summed E-state index contributed by atoms with van der Waals surface area (Å²) in [4.78, 5) is 10.8. The van der Waals surface area contributed by atoms with Crippen LogP contribution in [0.15, 0.2) is 29.9 Å². The molecule has 0 amide bonds. The highest BCUT2D eigenvalue weighted by molar-refractivity contribution is 7.13. The van der Waals surface area contributed by atoms with Gasteiger partial charge in [-0.3, -0.25) is 4.90 Å². The predicted octanol–water partition coefficient (Wildman–Crippen LogP) is 4.88. The second-order valence-corrected chi connectivity index (χ2v) is 7.66. The molecule has 2 heterocycles. The van der Waals surface area contributed by atoms with Crippen LogP contribution >= 0.6 is 11.3 Å². The van der Waals surface area contributed by atoms with Gasteiger partial charge in [0.05, 0.1) is 0 Å². The first-order valence-corrected chi connectivity index (χ1v) is 9.95. The summed E-state index contributed by atoms with van der Waals surface area (Å²) in [5, 5.41) is 4.68. The molecule has 3 aromatic rings. The molecule has 0 spiro atoms. The Morgan fingerprint density at radius 2 is 2.04 bits per heavy atom. The van der Waals surface area contributed by atoms with Crippen molar-refractivity contribution >= 4 is 22.2 Å². The normalized spacial score (nSPS) is 17.0. The Morgan fingerprint density at radius 3 is 2.75 bits per heavy atom. The third-order valence-electron chi connectivity index (χ3n) is 5.13. The Balaban J connectivity index is 1.78. The number of aromatic nitrogens is 2. The highest BCUT2D eigenvalue weighted by atomic mass is 32.1. The fraction of sp³-hybridized carbons (Fsp3) is 0.450. The van der Waals surface area contributed by atoms with E-state index in [0.717, 1.165) is 17.8 Å². The van der Waals surface area contributed by atoms with Crippen LogP contribution in [0.4, 0.5) is 0 Å². The molecular weight excluding hydrogens is 314 g/mol. The lowest BCUT2D eigenvalue weighted by Gasteiger charge is -2.34. The van der Waals surface area contributed by atoms with Crippen molar-refractivity contribution in [1.29, 1.82) is 0 Å². The third kappa shape index (κ3) is 2.68. The number of nitrogens with one attached hydrogen (secondary N) is 1. The molecule has 126 valence electrons. The van der Waals surface area contributed by atoms with E-state index in [4.69, 9.17) is 0 Å². The van der Waals surface area contributed by atoms with Crippen LogP contribution in [0.3, 0.4) is 0 Å². The molecule has 2 aromatic heterocycles. The van der Waals surface area contributed by atoms with Crippen LogP contribution < -0.4 is 0 Å². The SMILES string of the molecule is CCCN(CCC)[C@H]1Cc2c[nH]c3ccc(-c4nccs4)c(c23)C1. The van der Waals surface area contributed by atoms with Crippen LogP contribution in [0.25, 0.3) is 21.5 Å². The summed E-state index contributed by atoms with van der Waals surface area (Å²) in [6, 6.07) is 5.08. The molecule has 24 heavy (non-hydrogen) atoms. The van der Waals surface area contributed by atoms with Crippen molar-refractivity contribution in [3.05, 3.63) is 41.0 Å². The van der Waals surface area contributed by atoms with Gasteiger partial charge in [0, 0.05) is 40.3 Å². The minimum atomic E-state index is 0.609. The Morgan fingerprint density at radius 1 is 1.21 bits per heavy atom. The van der Waals surface area contributed by atoms with E-state index in [1.807, 2.05) is 6.20 Å². The second-order valence-electron chi connectivity index (χ2n) is 6.76. The monoisotopic (exact) mass is 339 g/mol. The largest absolute Gasteiger partial charge is 0.361 e. The zero-order valence-corrected chi connectivity index (χ0v) is 15.3. The maximum Gasteiger partial charge on any atom is 0.123 e. The van der Waals surface area contributed by atoms with Crippen molar-refractivity contribution in [2.24, 2.45) is 0 Å². The predicted molar refractivity (Wildman–Crippen MR) is 103 cm³/mol. The summed E-state index contributed by atoms with van der Waals surface area (Å²) < 4.78 is 0. The Labute approximate surface area is 147 Å². The van der Waals surface area contributed by atoms with Crippen LogP contribution in [0, 0.1) is 0 Å². The van der Waals surface area contributed by atoms with E-state index in [2.05, 4.69) is 52.4 Å². The van der Waals surface area contributed by atoms with E-state index < -0.39 is 0 Å². The van der Waals surface area contributed by atoms with E-state index in [0.29, 0.717) is 6.04 Å². The van der Waals surface area contributed by atoms with Gasteiger partial charge in [0.15, 0.2) is 0 Å². The maximum atomic E-state index is 4.58. The number of thiazole rings is 1. The Kier molecular flexibility index (Phi) is 4.42. The highest BCUT2D eigenvalue weighted by Gasteiger charge is 2.28. The van der Waals surface area contributed by atoms with Gasteiger partial charge in [0.2, 0.25) is 0 Å². The number of benzene rings is 1. The lowest BCUT2D eigenvalue weighted by Crippen LogP contribution is -2.41. The van der Waals surface area contributed by atoms with Crippen molar-refractivity contribution < 1.29 is 0 Å². The van der Waals surface area contributed by atoms with E-state index in [1.165, 1.54) is 53.5 Å². The van der Waals surface area contributed by atoms with Gasteiger partial charge in [-0.25, -0.2) is 4.98 Å². The van der Waals surface area contributed by atoms with Crippen LogP contribution in [0.5, 0.6) is 0 Å². The summed E-state index contributed by atoms with van der Waals surface area (Å²) in [7, 11) is 0. The number of aromatic amines is 1. The van der Waals surface area contributed by atoms with Gasteiger partial charge in [-0.05, 0) is 62.0 Å². The molecule has 3 nitrogen and oxygen atoms in total. The van der Waals surface area contributed by atoms with Crippen LogP contribution in [0.2, 0.25) is 0 Å². The van der Waals surface area contributed by atoms with E-state index in [-0.39, 0.29) is 0 Å². The van der Waals surface area contributed by atoms with E-state index in [1.54, 1.807) is 11.3 Å². The van der Waals surface area contributed by atoms with E-state index >= 15 is 0 Å². The smallest absolute Gasteiger partial charge is 0.123 e. The zero-order chi connectivity index (χ0) is 16.5. The van der Waals surface area contributed by atoms with Gasteiger partial charge in [-0.15, -0.1) is 11.3 Å². The molecule has 0 saturated carbocycles. The van der Waals surface area contributed by atoms with Crippen molar-refractivity contribution in [3.63, 3.8) is 0 Å². The fourth-order valence-corrected chi connectivity index (χ4v) is 4.86. The summed E-state index contributed by atoms with van der Waals surface area (Å²) >= 11 is 1.74. The highest BCUT2D eigenvalue weighted by Crippen LogP contribution is 2.38. The van der Waals surface area contributed by atoms with Gasteiger partial charge in [0.1, 0.15) is 5.01 Å².